The fourth-order valence-electron chi connectivity index (χ4n) is 2.27. The van der Waals surface area contributed by atoms with Crippen molar-refractivity contribution in [2.75, 3.05) is 33.4 Å². The minimum absolute atomic E-state index is 0.562. The second-order valence-corrected chi connectivity index (χ2v) is 5.25. The fraction of sp³-hybridized carbons (Fsp3) is 0.429. The third-order valence-corrected chi connectivity index (χ3v) is 3.80. The fourth-order valence-corrected chi connectivity index (χ4v) is 2.47. The lowest BCUT2D eigenvalue weighted by molar-refractivity contribution is 0.0210. The van der Waals surface area contributed by atoms with Crippen molar-refractivity contribution in [3.05, 3.63) is 29.0 Å². The molecule has 21 heavy (non-hydrogen) atoms. The molecule has 3 rings (SSSR count). The van der Waals surface area contributed by atoms with E-state index < -0.39 is 0 Å². The summed E-state index contributed by atoms with van der Waals surface area (Å²) in [6.45, 7) is 4.09. The number of hydrogen-bond acceptors (Lipinski definition) is 5. The molecule has 1 aromatic carbocycles. The molecule has 2 aromatic rings. The van der Waals surface area contributed by atoms with Crippen molar-refractivity contribution in [2.24, 2.45) is 0 Å². The van der Waals surface area contributed by atoms with Gasteiger partial charge in [-0.05, 0) is 36.5 Å². The molecule has 0 atom stereocenters. The van der Waals surface area contributed by atoms with Crippen molar-refractivity contribution in [2.45, 2.75) is 6.67 Å². The molecule has 0 saturated carbocycles. The summed E-state index contributed by atoms with van der Waals surface area (Å²) in [6, 6.07) is 7.75. The van der Waals surface area contributed by atoms with Gasteiger partial charge in [-0.15, -0.1) is 0 Å². The first-order chi connectivity index (χ1) is 10.3. The summed E-state index contributed by atoms with van der Waals surface area (Å²) in [4.78, 5) is 6.71. The van der Waals surface area contributed by atoms with Crippen molar-refractivity contribution >= 4 is 12.2 Å². The van der Waals surface area contributed by atoms with Gasteiger partial charge in [-0.25, -0.2) is 4.68 Å². The molecule has 0 unspecified atom stereocenters. The Balaban J connectivity index is 1.78. The highest BCUT2D eigenvalue weighted by Crippen LogP contribution is 2.19. The van der Waals surface area contributed by atoms with Crippen LogP contribution in [0.15, 0.2) is 24.3 Å². The minimum Gasteiger partial charge on any atom is -0.497 e. The molecule has 1 aliphatic rings. The van der Waals surface area contributed by atoms with Gasteiger partial charge in [0.15, 0.2) is 5.82 Å². The van der Waals surface area contributed by atoms with Crippen molar-refractivity contribution in [1.82, 2.24) is 19.7 Å². The Labute approximate surface area is 128 Å². The van der Waals surface area contributed by atoms with Crippen LogP contribution >= 0.6 is 12.2 Å². The second kappa shape index (κ2) is 6.38. The van der Waals surface area contributed by atoms with E-state index in [1.54, 1.807) is 7.11 Å². The second-order valence-electron chi connectivity index (χ2n) is 4.88. The molecule has 1 aromatic heterocycles. The number of nitrogens with zero attached hydrogens (tertiary/aromatic N) is 3. The topological polar surface area (TPSA) is 55.3 Å². The molecule has 1 saturated heterocycles. The third-order valence-electron chi connectivity index (χ3n) is 3.49. The Morgan fingerprint density at radius 3 is 2.67 bits per heavy atom. The lowest BCUT2D eigenvalue weighted by atomic mass is 10.2. The van der Waals surface area contributed by atoms with Gasteiger partial charge in [0.05, 0.1) is 27.0 Å². The molecule has 0 bridgehead atoms. The zero-order valence-corrected chi connectivity index (χ0v) is 12.7. The van der Waals surface area contributed by atoms with Crippen LogP contribution in [-0.2, 0) is 11.4 Å². The van der Waals surface area contributed by atoms with E-state index in [1.807, 2.05) is 28.9 Å². The average Bonchev–Trinajstić information content (AvgIpc) is 2.89. The molecule has 7 heteroatoms. The number of H-pyrrole nitrogens is 1. The van der Waals surface area contributed by atoms with Crippen molar-refractivity contribution in [1.29, 1.82) is 0 Å². The zero-order valence-electron chi connectivity index (χ0n) is 11.9. The maximum Gasteiger partial charge on any atom is 0.217 e. The number of aromatic nitrogens is 3. The van der Waals surface area contributed by atoms with Crippen LogP contribution in [0.4, 0.5) is 0 Å². The first-order valence-electron chi connectivity index (χ1n) is 6.87. The van der Waals surface area contributed by atoms with Gasteiger partial charge >= 0.3 is 0 Å². The van der Waals surface area contributed by atoms with Crippen LogP contribution < -0.4 is 4.74 Å². The number of ether oxygens (including phenoxy) is 2. The van der Waals surface area contributed by atoms with E-state index in [0.29, 0.717) is 11.4 Å². The van der Waals surface area contributed by atoms with Crippen LogP contribution in [0, 0.1) is 4.77 Å². The van der Waals surface area contributed by atoms with Gasteiger partial charge in [0.25, 0.3) is 0 Å². The van der Waals surface area contributed by atoms with Crippen LogP contribution in [0.3, 0.4) is 0 Å². The van der Waals surface area contributed by atoms with Gasteiger partial charge in [0.2, 0.25) is 4.77 Å². The SMILES string of the molecule is COc1ccc(-c2nc(=S)n(CN3CCOCC3)[nH]2)cc1. The number of benzene rings is 1. The highest BCUT2D eigenvalue weighted by Gasteiger charge is 2.12. The van der Waals surface area contributed by atoms with E-state index in [4.69, 9.17) is 21.7 Å². The summed E-state index contributed by atoms with van der Waals surface area (Å²) in [7, 11) is 1.65. The molecule has 0 aliphatic carbocycles. The summed E-state index contributed by atoms with van der Waals surface area (Å²) in [6.07, 6.45) is 0. The predicted octanol–water partition coefficient (Wildman–Crippen LogP) is 1.91. The van der Waals surface area contributed by atoms with Gasteiger partial charge in [-0.1, -0.05) is 0 Å². The first kappa shape index (κ1) is 14.2. The summed E-state index contributed by atoms with van der Waals surface area (Å²) < 4.78 is 13.0. The first-order valence-corrected chi connectivity index (χ1v) is 7.28. The normalized spacial score (nSPS) is 16.0. The summed E-state index contributed by atoms with van der Waals surface area (Å²) in [5.74, 6) is 1.60. The lowest BCUT2D eigenvalue weighted by Gasteiger charge is -2.26. The number of methoxy groups -OCH3 is 1. The van der Waals surface area contributed by atoms with E-state index >= 15 is 0 Å². The molecule has 0 radical (unpaired) electrons. The van der Waals surface area contributed by atoms with Crippen molar-refractivity contribution in [3.8, 4) is 17.1 Å². The molecular formula is C14H18N4O2S. The third kappa shape index (κ3) is 3.31. The Morgan fingerprint density at radius 1 is 1.29 bits per heavy atom. The smallest absolute Gasteiger partial charge is 0.217 e. The maximum atomic E-state index is 5.35. The quantitative estimate of drug-likeness (QED) is 0.875. The largest absolute Gasteiger partial charge is 0.497 e. The zero-order chi connectivity index (χ0) is 14.7. The average molecular weight is 306 g/mol. The van der Waals surface area contributed by atoms with Gasteiger partial charge in [0, 0.05) is 18.7 Å². The molecule has 1 aliphatic heterocycles. The lowest BCUT2D eigenvalue weighted by Crippen LogP contribution is -2.37. The van der Waals surface area contributed by atoms with Crippen molar-refractivity contribution < 1.29 is 9.47 Å². The molecule has 112 valence electrons. The van der Waals surface area contributed by atoms with E-state index in [2.05, 4.69) is 15.0 Å². The van der Waals surface area contributed by atoms with Gasteiger partial charge in [-0.2, -0.15) is 4.98 Å². The van der Waals surface area contributed by atoms with E-state index in [1.165, 1.54) is 0 Å². The summed E-state index contributed by atoms with van der Waals surface area (Å²) in [5, 5.41) is 3.26. The molecule has 1 fully saturated rings. The van der Waals surface area contributed by atoms with Crippen LogP contribution in [0.25, 0.3) is 11.4 Å². The molecule has 2 heterocycles. The number of hydrogen-bond donors (Lipinski definition) is 1. The van der Waals surface area contributed by atoms with Crippen LogP contribution in [-0.4, -0.2) is 53.1 Å². The highest BCUT2D eigenvalue weighted by molar-refractivity contribution is 7.71. The van der Waals surface area contributed by atoms with Gasteiger partial charge in [0.1, 0.15) is 5.75 Å². The molecule has 1 N–H and O–H groups in total. The maximum absolute atomic E-state index is 5.35. The van der Waals surface area contributed by atoms with Crippen molar-refractivity contribution in [3.63, 3.8) is 0 Å². The minimum atomic E-state index is 0.562. The Kier molecular flexibility index (Phi) is 4.33. The van der Waals surface area contributed by atoms with Crippen LogP contribution in [0.5, 0.6) is 5.75 Å². The van der Waals surface area contributed by atoms with E-state index in [-0.39, 0.29) is 0 Å². The Bertz CT molecular complexity index is 644. The van der Waals surface area contributed by atoms with Crippen LogP contribution in [0.2, 0.25) is 0 Å². The highest BCUT2D eigenvalue weighted by atomic mass is 32.1. The Hall–Kier alpha value is -1.70. The predicted molar refractivity (Wildman–Crippen MR) is 81.8 cm³/mol. The summed E-state index contributed by atoms with van der Waals surface area (Å²) >= 11 is 5.33. The number of aromatic amines is 1. The van der Waals surface area contributed by atoms with Crippen LogP contribution in [0.1, 0.15) is 0 Å². The summed E-state index contributed by atoms with van der Waals surface area (Å²) in [5.41, 5.74) is 0.989. The molecule has 0 spiro atoms. The standard InChI is InChI=1S/C14H18N4O2S/c1-19-12-4-2-11(3-5-12)13-15-14(21)18(16-13)10-17-6-8-20-9-7-17/h2-5H,6-10H2,1H3,(H,15,16,21). The van der Waals surface area contributed by atoms with Gasteiger partial charge < -0.3 is 9.47 Å². The monoisotopic (exact) mass is 306 g/mol. The number of morpholine rings is 1. The molecule has 0 amide bonds. The molecule has 6 nitrogen and oxygen atoms in total. The Morgan fingerprint density at radius 2 is 2.00 bits per heavy atom. The molecular weight excluding hydrogens is 288 g/mol. The number of rotatable bonds is 4. The van der Waals surface area contributed by atoms with Gasteiger partial charge in [-0.3, -0.25) is 10.00 Å². The van der Waals surface area contributed by atoms with E-state index in [0.717, 1.165) is 43.4 Å². The number of nitrogens with one attached hydrogen (secondary N) is 1. The van der Waals surface area contributed by atoms with E-state index in [9.17, 15) is 0 Å².